The number of aryl methyl sites for hydroxylation is 2. The van der Waals surface area contributed by atoms with Gasteiger partial charge < -0.3 is 15.4 Å². The summed E-state index contributed by atoms with van der Waals surface area (Å²) in [7, 11) is 1.81. The molecule has 2 rings (SSSR count). The molecule has 25 heavy (non-hydrogen) atoms. The summed E-state index contributed by atoms with van der Waals surface area (Å²) in [6.45, 7) is 5.60. The van der Waals surface area contributed by atoms with E-state index in [-0.39, 0.29) is 24.0 Å². The van der Waals surface area contributed by atoms with E-state index in [2.05, 4.69) is 33.8 Å². The monoisotopic (exact) mass is 463 g/mol. The second kappa shape index (κ2) is 13.4. The van der Waals surface area contributed by atoms with Gasteiger partial charge in [-0.15, -0.1) is 24.0 Å². The Morgan fingerprint density at radius 1 is 1.24 bits per heavy atom. The predicted molar refractivity (Wildman–Crippen MR) is 114 cm³/mol. The first-order valence-electron chi connectivity index (χ1n) is 9.33. The summed E-state index contributed by atoms with van der Waals surface area (Å²) in [4.78, 5) is 4.26. The lowest BCUT2D eigenvalue weighted by Crippen LogP contribution is -2.38. The average Bonchev–Trinajstić information content (AvgIpc) is 3.02. The van der Waals surface area contributed by atoms with E-state index in [9.17, 15) is 0 Å². The zero-order chi connectivity index (χ0) is 17.0. The Hall–Kier alpha value is -0.830. The van der Waals surface area contributed by atoms with Crippen molar-refractivity contribution >= 4 is 29.9 Å². The number of nitrogens with one attached hydrogen (secondary N) is 2. The van der Waals surface area contributed by atoms with Gasteiger partial charge in [0, 0.05) is 39.5 Å². The van der Waals surface area contributed by atoms with E-state index in [1.807, 2.05) is 17.9 Å². The maximum Gasteiger partial charge on any atom is 0.190 e. The quantitative estimate of drug-likeness (QED) is 0.256. The van der Waals surface area contributed by atoms with Gasteiger partial charge in [0.2, 0.25) is 0 Å². The Morgan fingerprint density at radius 2 is 1.96 bits per heavy atom. The van der Waals surface area contributed by atoms with Crippen molar-refractivity contribution in [2.75, 3.05) is 26.7 Å². The highest BCUT2D eigenvalue weighted by atomic mass is 127. The maximum absolute atomic E-state index is 5.94. The van der Waals surface area contributed by atoms with Gasteiger partial charge in [-0.2, -0.15) is 5.10 Å². The zero-order valence-corrected chi connectivity index (χ0v) is 18.0. The zero-order valence-electron chi connectivity index (χ0n) is 15.7. The van der Waals surface area contributed by atoms with E-state index in [0.717, 1.165) is 45.0 Å². The third kappa shape index (κ3) is 9.44. The Labute approximate surface area is 169 Å². The van der Waals surface area contributed by atoms with Gasteiger partial charge in [-0.25, -0.2) is 0 Å². The van der Waals surface area contributed by atoms with E-state index in [0.29, 0.717) is 6.10 Å². The lowest BCUT2D eigenvalue weighted by molar-refractivity contribution is 0.0277. The van der Waals surface area contributed by atoms with Crippen molar-refractivity contribution in [2.45, 2.75) is 64.5 Å². The first kappa shape index (κ1) is 22.2. The van der Waals surface area contributed by atoms with E-state index in [1.165, 1.54) is 37.7 Å². The highest BCUT2D eigenvalue weighted by molar-refractivity contribution is 14.0. The lowest BCUT2D eigenvalue weighted by atomic mass is 9.98. The van der Waals surface area contributed by atoms with Crippen molar-refractivity contribution in [3.63, 3.8) is 0 Å². The molecule has 144 valence electrons. The van der Waals surface area contributed by atoms with Gasteiger partial charge in [0.1, 0.15) is 0 Å². The Morgan fingerprint density at radius 3 is 2.60 bits per heavy atom. The predicted octanol–water partition coefficient (Wildman–Crippen LogP) is 3.10. The largest absolute Gasteiger partial charge is 0.378 e. The van der Waals surface area contributed by atoms with Crippen molar-refractivity contribution in [1.82, 2.24) is 20.4 Å². The van der Waals surface area contributed by atoms with E-state index in [1.54, 1.807) is 0 Å². The molecule has 6 nitrogen and oxygen atoms in total. The van der Waals surface area contributed by atoms with Gasteiger partial charge in [-0.3, -0.25) is 9.67 Å². The van der Waals surface area contributed by atoms with Crippen LogP contribution in [-0.2, 0) is 11.3 Å². The number of aliphatic imine (C=N–C) groups is 1. The first-order chi connectivity index (χ1) is 11.8. The van der Waals surface area contributed by atoms with Crippen LogP contribution >= 0.6 is 24.0 Å². The Kier molecular flexibility index (Phi) is 11.9. The number of hydrogen-bond acceptors (Lipinski definition) is 3. The molecule has 0 amide bonds. The van der Waals surface area contributed by atoms with Crippen LogP contribution < -0.4 is 10.6 Å². The minimum atomic E-state index is 0. The molecule has 0 radical (unpaired) electrons. The second-order valence-electron chi connectivity index (χ2n) is 6.54. The van der Waals surface area contributed by atoms with Crippen LogP contribution in [0.4, 0.5) is 0 Å². The number of guanidine groups is 1. The molecule has 0 unspecified atom stereocenters. The van der Waals surface area contributed by atoms with E-state index < -0.39 is 0 Å². The summed E-state index contributed by atoms with van der Waals surface area (Å²) in [6.07, 6.45) is 13.0. The first-order valence-corrected chi connectivity index (χ1v) is 9.33. The van der Waals surface area contributed by atoms with Crippen molar-refractivity contribution < 1.29 is 4.74 Å². The SMILES string of the molecule is CN=C(NCCCOC1CCCCC1)NCCCn1cc(C)cn1.I. The van der Waals surface area contributed by atoms with Crippen molar-refractivity contribution in [3.05, 3.63) is 18.0 Å². The molecular weight excluding hydrogens is 429 g/mol. The van der Waals surface area contributed by atoms with Gasteiger partial charge in [0.25, 0.3) is 0 Å². The van der Waals surface area contributed by atoms with Gasteiger partial charge in [0.15, 0.2) is 5.96 Å². The topological polar surface area (TPSA) is 63.5 Å². The van der Waals surface area contributed by atoms with Crippen LogP contribution in [0.1, 0.15) is 50.5 Å². The summed E-state index contributed by atoms with van der Waals surface area (Å²) < 4.78 is 7.92. The van der Waals surface area contributed by atoms with Crippen LogP contribution in [-0.4, -0.2) is 48.6 Å². The number of aromatic nitrogens is 2. The summed E-state index contributed by atoms with van der Waals surface area (Å²) in [6, 6.07) is 0. The fourth-order valence-electron chi connectivity index (χ4n) is 3.02. The highest BCUT2D eigenvalue weighted by Crippen LogP contribution is 2.20. The van der Waals surface area contributed by atoms with Crippen molar-refractivity contribution in [2.24, 2.45) is 4.99 Å². The number of hydrogen-bond donors (Lipinski definition) is 2. The standard InChI is InChI=1S/C18H33N5O.HI/c1-16-14-22-23(15-16)12-6-10-20-18(19-2)21-11-7-13-24-17-8-4-3-5-9-17;/h14-15,17H,3-13H2,1-2H3,(H2,19,20,21);1H. The van der Waals surface area contributed by atoms with E-state index >= 15 is 0 Å². The molecular formula is C18H34IN5O. The fraction of sp³-hybridized carbons (Fsp3) is 0.778. The minimum absolute atomic E-state index is 0. The van der Waals surface area contributed by atoms with Gasteiger partial charge >= 0.3 is 0 Å². The summed E-state index contributed by atoms with van der Waals surface area (Å²) >= 11 is 0. The molecule has 1 aliphatic carbocycles. The molecule has 1 aromatic rings. The lowest BCUT2D eigenvalue weighted by Gasteiger charge is -2.22. The Balaban J connectivity index is 0.00000312. The van der Waals surface area contributed by atoms with Crippen LogP contribution in [0.5, 0.6) is 0 Å². The molecule has 0 aliphatic heterocycles. The van der Waals surface area contributed by atoms with Crippen LogP contribution in [0.25, 0.3) is 0 Å². The molecule has 0 saturated heterocycles. The highest BCUT2D eigenvalue weighted by Gasteiger charge is 2.12. The summed E-state index contributed by atoms with van der Waals surface area (Å²) in [5.41, 5.74) is 1.20. The summed E-state index contributed by atoms with van der Waals surface area (Å²) in [5.74, 6) is 0.865. The van der Waals surface area contributed by atoms with Crippen LogP contribution in [0.2, 0.25) is 0 Å². The summed E-state index contributed by atoms with van der Waals surface area (Å²) in [5, 5.41) is 11.0. The number of halogens is 1. The van der Waals surface area contributed by atoms with Gasteiger partial charge in [-0.05, 0) is 38.2 Å². The van der Waals surface area contributed by atoms with Crippen LogP contribution in [0.3, 0.4) is 0 Å². The smallest absolute Gasteiger partial charge is 0.190 e. The molecule has 0 bridgehead atoms. The number of rotatable bonds is 9. The molecule has 1 aliphatic rings. The fourth-order valence-corrected chi connectivity index (χ4v) is 3.02. The number of ether oxygens (including phenoxy) is 1. The number of nitrogens with zero attached hydrogens (tertiary/aromatic N) is 3. The second-order valence-corrected chi connectivity index (χ2v) is 6.54. The van der Waals surface area contributed by atoms with Crippen molar-refractivity contribution in [3.8, 4) is 0 Å². The molecule has 1 aromatic heterocycles. The molecule has 0 aromatic carbocycles. The molecule has 0 spiro atoms. The third-order valence-corrected chi connectivity index (χ3v) is 4.36. The maximum atomic E-state index is 5.94. The van der Waals surface area contributed by atoms with Crippen LogP contribution in [0.15, 0.2) is 17.4 Å². The molecule has 2 N–H and O–H groups in total. The van der Waals surface area contributed by atoms with E-state index in [4.69, 9.17) is 4.74 Å². The average molecular weight is 463 g/mol. The molecule has 0 atom stereocenters. The molecule has 1 saturated carbocycles. The van der Waals surface area contributed by atoms with Gasteiger partial charge in [-0.1, -0.05) is 19.3 Å². The minimum Gasteiger partial charge on any atom is -0.378 e. The molecule has 7 heteroatoms. The molecule has 1 fully saturated rings. The van der Waals surface area contributed by atoms with Crippen LogP contribution in [0, 0.1) is 6.92 Å². The normalized spacial score (nSPS) is 15.7. The van der Waals surface area contributed by atoms with Gasteiger partial charge in [0.05, 0.1) is 12.3 Å². The molecule has 1 heterocycles. The third-order valence-electron chi connectivity index (χ3n) is 4.36. The van der Waals surface area contributed by atoms with Crippen molar-refractivity contribution in [1.29, 1.82) is 0 Å². The Bertz CT molecular complexity index is 486.